The molecule has 1 aliphatic heterocycles. The molecule has 0 spiro atoms. The fourth-order valence-corrected chi connectivity index (χ4v) is 3.81. The fraction of sp³-hybridized carbons (Fsp3) is 0.211. The summed E-state index contributed by atoms with van der Waals surface area (Å²) in [5, 5.41) is 3.93. The van der Waals surface area contributed by atoms with Crippen LogP contribution in [0.1, 0.15) is 17.5 Å². The molecule has 1 heterocycles. The molecule has 5 nitrogen and oxygen atoms in total. The quantitative estimate of drug-likeness (QED) is 0.540. The third kappa shape index (κ3) is 5.94. The van der Waals surface area contributed by atoms with Gasteiger partial charge in [0.05, 0.1) is 21.8 Å². The highest BCUT2D eigenvalue weighted by Crippen LogP contribution is 2.37. The molecule has 170 valence electrons. The third-order valence-electron chi connectivity index (χ3n) is 4.09. The number of thioether (sulfide) groups is 1. The van der Waals surface area contributed by atoms with Crippen molar-refractivity contribution in [3.8, 4) is 0 Å². The van der Waals surface area contributed by atoms with Crippen molar-refractivity contribution in [3.63, 3.8) is 0 Å². The number of aliphatic imine (C=N–C) groups is 1. The summed E-state index contributed by atoms with van der Waals surface area (Å²) >= 11 is 6.87. The number of alkyl halides is 6. The number of carbonyl (C=O) groups excluding carboxylic acids is 2. The van der Waals surface area contributed by atoms with E-state index in [-0.39, 0.29) is 11.2 Å². The summed E-state index contributed by atoms with van der Waals surface area (Å²) in [7, 11) is 0. The molecule has 13 heteroatoms. The molecule has 0 bridgehead atoms. The number of nitrogens with one attached hydrogen (secondary N) is 2. The van der Waals surface area contributed by atoms with E-state index in [4.69, 9.17) is 11.6 Å². The van der Waals surface area contributed by atoms with Gasteiger partial charge in [-0.1, -0.05) is 35.5 Å². The number of halogens is 7. The molecule has 3 rings (SSSR count). The normalized spacial score (nSPS) is 18.0. The number of amides is 2. The van der Waals surface area contributed by atoms with Gasteiger partial charge in [-0.3, -0.25) is 9.59 Å². The van der Waals surface area contributed by atoms with Gasteiger partial charge in [0.15, 0.2) is 5.17 Å². The van der Waals surface area contributed by atoms with E-state index < -0.39 is 52.7 Å². The minimum Gasteiger partial charge on any atom is -0.326 e. The Labute approximate surface area is 186 Å². The molecule has 32 heavy (non-hydrogen) atoms. The molecular formula is C19H12ClF6N3O2S. The Balaban J connectivity index is 1.73. The van der Waals surface area contributed by atoms with E-state index in [1.165, 1.54) is 0 Å². The van der Waals surface area contributed by atoms with Gasteiger partial charge in [-0.25, -0.2) is 4.99 Å². The zero-order valence-electron chi connectivity index (χ0n) is 15.6. The van der Waals surface area contributed by atoms with Crippen LogP contribution >= 0.6 is 23.4 Å². The molecule has 0 saturated carbocycles. The number of amidine groups is 1. The van der Waals surface area contributed by atoms with Crippen LogP contribution in [0.3, 0.4) is 0 Å². The van der Waals surface area contributed by atoms with Crippen molar-refractivity contribution in [1.82, 2.24) is 5.32 Å². The van der Waals surface area contributed by atoms with Crippen molar-refractivity contribution in [1.29, 1.82) is 0 Å². The molecule has 2 aromatic carbocycles. The summed E-state index contributed by atoms with van der Waals surface area (Å²) in [6.45, 7) is 0. The first-order valence-electron chi connectivity index (χ1n) is 8.73. The molecular weight excluding hydrogens is 484 g/mol. The Morgan fingerprint density at radius 1 is 1.06 bits per heavy atom. The standard InChI is InChI=1S/C19H12ClF6N3O2S/c20-12-3-1-2-4-13(12)28-17-29-16(31)14(32-17)8-15(30)27-11-6-9(18(21,22)23)5-10(7-11)19(24,25)26/h1-7,14H,8H2,(H,27,30)(H,28,29,31). The lowest BCUT2D eigenvalue weighted by molar-refractivity contribution is -0.143. The van der Waals surface area contributed by atoms with E-state index in [1.54, 1.807) is 24.3 Å². The zero-order chi connectivity index (χ0) is 23.7. The van der Waals surface area contributed by atoms with Crippen LogP contribution in [0.4, 0.5) is 37.7 Å². The van der Waals surface area contributed by atoms with Crippen LogP contribution in [0, 0.1) is 0 Å². The largest absolute Gasteiger partial charge is 0.416 e. The van der Waals surface area contributed by atoms with E-state index in [0.29, 0.717) is 22.8 Å². The summed E-state index contributed by atoms with van der Waals surface area (Å²) in [4.78, 5) is 28.5. The highest BCUT2D eigenvalue weighted by molar-refractivity contribution is 8.15. The van der Waals surface area contributed by atoms with Crippen LogP contribution in [0.25, 0.3) is 0 Å². The first kappa shape index (κ1) is 23.9. The summed E-state index contributed by atoms with van der Waals surface area (Å²) in [5.41, 5.74) is -3.45. The zero-order valence-corrected chi connectivity index (χ0v) is 17.2. The number of carbonyl (C=O) groups is 2. The van der Waals surface area contributed by atoms with Gasteiger partial charge < -0.3 is 10.6 Å². The number of rotatable bonds is 4. The van der Waals surface area contributed by atoms with Gasteiger partial charge in [-0.05, 0) is 30.3 Å². The van der Waals surface area contributed by atoms with Crippen LogP contribution in [0.5, 0.6) is 0 Å². The predicted octanol–water partition coefficient (Wildman–Crippen LogP) is 5.63. The fourth-order valence-electron chi connectivity index (χ4n) is 2.65. The second-order valence-electron chi connectivity index (χ2n) is 6.51. The Morgan fingerprint density at radius 3 is 2.22 bits per heavy atom. The van der Waals surface area contributed by atoms with Crippen molar-refractivity contribution < 1.29 is 35.9 Å². The number of benzene rings is 2. The van der Waals surface area contributed by atoms with Gasteiger partial charge in [0, 0.05) is 12.1 Å². The van der Waals surface area contributed by atoms with Gasteiger partial charge >= 0.3 is 12.4 Å². The average Bonchev–Trinajstić information content (AvgIpc) is 3.00. The maximum absolute atomic E-state index is 12.9. The van der Waals surface area contributed by atoms with Crippen molar-refractivity contribution in [2.75, 3.05) is 5.32 Å². The Kier molecular flexibility index (Phi) is 6.75. The molecule has 0 aliphatic carbocycles. The van der Waals surface area contributed by atoms with E-state index in [1.807, 2.05) is 5.32 Å². The second-order valence-corrected chi connectivity index (χ2v) is 8.11. The summed E-state index contributed by atoms with van der Waals surface area (Å²) < 4.78 is 77.7. The molecule has 1 saturated heterocycles. The molecule has 0 radical (unpaired) electrons. The van der Waals surface area contributed by atoms with E-state index in [2.05, 4.69) is 10.3 Å². The summed E-state index contributed by atoms with van der Waals surface area (Å²) in [6.07, 6.45) is -10.6. The van der Waals surface area contributed by atoms with Crippen LogP contribution < -0.4 is 10.6 Å². The van der Waals surface area contributed by atoms with Gasteiger partial charge in [0.2, 0.25) is 11.8 Å². The maximum Gasteiger partial charge on any atom is 0.416 e. The molecule has 2 amide bonds. The molecule has 2 aromatic rings. The SMILES string of the molecule is O=C(CC1SC(=Nc2ccccc2Cl)NC1=O)Nc1cc(C(F)(F)F)cc(C(F)(F)F)c1. The maximum atomic E-state index is 12.9. The number of para-hydroxylation sites is 1. The lowest BCUT2D eigenvalue weighted by Crippen LogP contribution is -2.28. The Hall–Kier alpha value is -2.73. The Morgan fingerprint density at radius 2 is 1.66 bits per heavy atom. The molecule has 1 fully saturated rings. The third-order valence-corrected chi connectivity index (χ3v) is 5.49. The van der Waals surface area contributed by atoms with Crippen LogP contribution in [0.2, 0.25) is 5.02 Å². The first-order chi connectivity index (χ1) is 14.8. The Bertz CT molecular complexity index is 1060. The van der Waals surface area contributed by atoms with Crippen molar-refractivity contribution in [2.24, 2.45) is 4.99 Å². The highest BCUT2D eigenvalue weighted by atomic mass is 35.5. The van der Waals surface area contributed by atoms with E-state index in [9.17, 15) is 35.9 Å². The predicted molar refractivity (Wildman–Crippen MR) is 108 cm³/mol. The van der Waals surface area contributed by atoms with Gasteiger partial charge in [-0.15, -0.1) is 0 Å². The minimum atomic E-state index is -5.05. The monoisotopic (exact) mass is 495 g/mol. The van der Waals surface area contributed by atoms with Crippen molar-refractivity contribution >= 4 is 51.7 Å². The number of hydrogen-bond donors (Lipinski definition) is 2. The first-order valence-corrected chi connectivity index (χ1v) is 9.99. The smallest absolute Gasteiger partial charge is 0.326 e. The molecule has 0 aromatic heterocycles. The number of anilines is 1. The lowest BCUT2D eigenvalue weighted by Gasteiger charge is -2.15. The van der Waals surface area contributed by atoms with Crippen LogP contribution in [-0.4, -0.2) is 22.2 Å². The summed E-state index contributed by atoms with van der Waals surface area (Å²) in [5.74, 6) is -1.53. The minimum absolute atomic E-state index is 0.0482. The lowest BCUT2D eigenvalue weighted by atomic mass is 10.1. The van der Waals surface area contributed by atoms with Gasteiger partial charge in [0.25, 0.3) is 0 Å². The molecule has 2 N–H and O–H groups in total. The molecule has 1 atom stereocenters. The molecule has 1 aliphatic rings. The van der Waals surface area contributed by atoms with Gasteiger partial charge in [0.1, 0.15) is 5.25 Å². The van der Waals surface area contributed by atoms with E-state index in [0.717, 1.165) is 11.8 Å². The van der Waals surface area contributed by atoms with Crippen molar-refractivity contribution in [3.05, 3.63) is 58.6 Å². The second kappa shape index (κ2) is 9.02. The average molecular weight is 496 g/mol. The number of hydrogen-bond acceptors (Lipinski definition) is 4. The number of nitrogens with zero attached hydrogens (tertiary/aromatic N) is 1. The van der Waals surface area contributed by atoms with E-state index >= 15 is 0 Å². The topological polar surface area (TPSA) is 70.6 Å². The molecule has 1 unspecified atom stereocenters. The van der Waals surface area contributed by atoms with Gasteiger partial charge in [-0.2, -0.15) is 26.3 Å². The van der Waals surface area contributed by atoms with Crippen LogP contribution in [0.15, 0.2) is 47.5 Å². The highest BCUT2D eigenvalue weighted by Gasteiger charge is 2.37. The van der Waals surface area contributed by atoms with Crippen LogP contribution in [-0.2, 0) is 21.9 Å². The summed E-state index contributed by atoms with van der Waals surface area (Å²) in [6, 6.07) is 7.25. The van der Waals surface area contributed by atoms with Crippen molar-refractivity contribution in [2.45, 2.75) is 24.0 Å².